The second kappa shape index (κ2) is 7.99. The van der Waals surface area contributed by atoms with Gasteiger partial charge in [-0.2, -0.15) is 0 Å². The van der Waals surface area contributed by atoms with Gasteiger partial charge in [0.05, 0.1) is 0 Å². The maximum absolute atomic E-state index is 12.7. The summed E-state index contributed by atoms with van der Waals surface area (Å²) in [7, 11) is 0. The van der Waals surface area contributed by atoms with Gasteiger partial charge in [-0.15, -0.1) is 0 Å². The van der Waals surface area contributed by atoms with E-state index in [-0.39, 0.29) is 0 Å². The molecule has 1 aliphatic heterocycles. The molecule has 0 unspecified atom stereocenters. The van der Waals surface area contributed by atoms with Gasteiger partial charge >= 0.3 is 12.0 Å². The number of nitrogens with one attached hydrogen (secondary N) is 2. The summed E-state index contributed by atoms with van der Waals surface area (Å²) in [5, 5.41) is 5.21. The van der Waals surface area contributed by atoms with E-state index in [1.165, 1.54) is 6.92 Å². The predicted molar refractivity (Wildman–Crippen MR) is 92.9 cm³/mol. The first-order valence-electron chi connectivity index (χ1n) is 8.46. The van der Waals surface area contributed by atoms with E-state index in [9.17, 15) is 19.2 Å². The molecule has 1 aliphatic rings. The highest BCUT2D eigenvalue weighted by atomic mass is 16.5. The minimum atomic E-state index is -1.25. The van der Waals surface area contributed by atoms with E-state index in [0.29, 0.717) is 12.1 Å². The molecular formula is C18H23N3O5. The number of hydrogen-bond donors (Lipinski definition) is 2. The van der Waals surface area contributed by atoms with Gasteiger partial charge in [-0.25, -0.2) is 4.79 Å². The highest BCUT2D eigenvalue weighted by Gasteiger charge is 2.49. The van der Waals surface area contributed by atoms with Crippen LogP contribution in [0.3, 0.4) is 0 Å². The molecule has 140 valence electrons. The SMILES string of the molecule is CCCNC(=O)[C@@H](C)OC(=O)CN1C(=O)N[C@](C)(c2ccccc2)C1=O. The van der Waals surface area contributed by atoms with Gasteiger partial charge in [-0.3, -0.25) is 19.3 Å². The van der Waals surface area contributed by atoms with Gasteiger partial charge in [0.25, 0.3) is 11.8 Å². The van der Waals surface area contributed by atoms with Crippen LogP contribution in [0.25, 0.3) is 0 Å². The number of carbonyl (C=O) groups excluding carboxylic acids is 4. The standard InChI is InChI=1S/C18H23N3O5/c1-4-10-19-15(23)12(2)26-14(22)11-21-16(24)18(3,20-17(21)25)13-8-6-5-7-9-13/h5-9,12H,4,10-11H2,1-3H3,(H,19,23)(H,20,25)/t12-,18-/m1/s1. The Hall–Kier alpha value is -2.90. The van der Waals surface area contributed by atoms with Crippen molar-refractivity contribution in [3.63, 3.8) is 0 Å². The van der Waals surface area contributed by atoms with E-state index in [2.05, 4.69) is 10.6 Å². The highest BCUT2D eigenvalue weighted by Crippen LogP contribution is 2.28. The van der Waals surface area contributed by atoms with Crippen LogP contribution in [0.2, 0.25) is 0 Å². The van der Waals surface area contributed by atoms with Crippen LogP contribution in [0.1, 0.15) is 32.8 Å². The fourth-order valence-electron chi connectivity index (χ4n) is 2.62. The van der Waals surface area contributed by atoms with Crippen LogP contribution in [-0.2, 0) is 24.7 Å². The molecule has 2 rings (SSSR count). The molecule has 4 amide bonds. The topological polar surface area (TPSA) is 105 Å². The Bertz CT molecular complexity index is 706. The van der Waals surface area contributed by atoms with E-state index < -0.39 is 42.0 Å². The third kappa shape index (κ3) is 4.01. The van der Waals surface area contributed by atoms with E-state index in [0.717, 1.165) is 11.3 Å². The molecule has 1 aromatic carbocycles. The molecule has 1 fully saturated rings. The van der Waals surface area contributed by atoms with Gasteiger partial charge in [0.15, 0.2) is 6.10 Å². The van der Waals surface area contributed by atoms with Crippen LogP contribution in [0, 0.1) is 0 Å². The summed E-state index contributed by atoms with van der Waals surface area (Å²) in [6, 6.07) is 8.08. The lowest BCUT2D eigenvalue weighted by atomic mass is 9.92. The lowest BCUT2D eigenvalue weighted by molar-refractivity contribution is -0.156. The van der Waals surface area contributed by atoms with E-state index in [1.54, 1.807) is 37.3 Å². The molecule has 2 N–H and O–H groups in total. The van der Waals surface area contributed by atoms with Crippen LogP contribution < -0.4 is 10.6 Å². The Morgan fingerprint density at radius 3 is 2.54 bits per heavy atom. The van der Waals surface area contributed by atoms with Gasteiger partial charge in [-0.1, -0.05) is 37.3 Å². The molecule has 0 bridgehead atoms. The highest BCUT2D eigenvalue weighted by molar-refractivity contribution is 6.08. The van der Waals surface area contributed by atoms with Crippen molar-refractivity contribution in [3.05, 3.63) is 35.9 Å². The molecule has 8 heteroatoms. The summed E-state index contributed by atoms with van der Waals surface area (Å²) in [6.45, 7) is 4.83. The first-order chi connectivity index (χ1) is 12.3. The number of imide groups is 1. The fourth-order valence-corrected chi connectivity index (χ4v) is 2.62. The summed E-state index contributed by atoms with van der Waals surface area (Å²) >= 11 is 0. The van der Waals surface area contributed by atoms with Crippen molar-refractivity contribution in [2.24, 2.45) is 0 Å². The second-order valence-electron chi connectivity index (χ2n) is 6.24. The van der Waals surface area contributed by atoms with Crippen molar-refractivity contribution in [2.75, 3.05) is 13.1 Å². The summed E-state index contributed by atoms with van der Waals surface area (Å²) in [5.41, 5.74) is -0.635. The Morgan fingerprint density at radius 2 is 1.92 bits per heavy atom. The summed E-state index contributed by atoms with van der Waals surface area (Å²) in [6.07, 6.45) is -0.247. The average molecular weight is 361 g/mol. The molecule has 1 saturated heterocycles. The van der Waals surface area contributed by atoms with Gasteiger partial charge in [0.1, 0.15) is 12.1 Å². The Kier molecular flexibility index (Phi) is 5.97. The van der Waals surface area contributed by atoms with Crippen LogP contribution >= 0.6 is 0 Å². The molecule has 8 nitrogen and oxygen atoms in total. The van der Waals surface area contributed by atoms with Crippen molar-refractivity contribution >= 4 is 23.8 Å². The van der Waals surface area contributed by atoms with Crippen molar-refractivity contribution in [1.82, 2.24) is 15.5 Å². The smallest absolute Gasteiger partial charge is 0.327 e. The third-order valence-electron chi connectivity index (χ3n) is 4.14. The fraction of sp³-hybridized carbons (Fsp3) is 0.444. The van der Waals surface area contributed by atoms with Crippen molar-refractivity contribution in [2.45, 2.75) is 38.8 Å². The minimum absolute atomic E-state index is 0.425. The normalized spacial score (nSPS) is 20.5. The summed E-state index contributed by atoms with van der Waals surface area (Å²) < 4.78 is 5.02. The lowest BCUT2D eigenvalue weighted by Crippen LogP contribution is -2.42. The maximum atomic E-state index is 12.7. The number of amides is 4. The van der Waals surface area contributed by atoms with E-state index in [1.807, 2.05) is 6.92 Å². The molecule has 0 spiro atoms. The van der Waals surface area contributed by atoms with Crippen LogP contribution in [0.15, 0.2) is 30.3 Å². The quantitative estimate of drug-likeness (QED) is 0.555. The lowest BCUT2D eigenvalue weighted by Gasteiger charge is -2.22. The average Bonchev–Trinajstić information content (AvgIpc) is 2.84. The molecule has 2 atom stereocenters. The number of carbonyl (C=O) groups is 4. The zero-order valence-electron chi connectivity index (χ0n) is 15.1. The summed E-state index contributed by atoms with van der Waals surface area (Å²) in [4.78, 5) is 49.5. The molecule has 0 saturated carbocycles. The monoisotopic (exact) mass is 361 g/mol. The molecule has 1 aromatic rings. The van der Waals surface area contributed by atoms with Crippen LogP contribution in [-0.4, -0.2) is 47.9 Å². The van der Waals surface area contributed by atoms with E-state index >= 15 is 0 Å². The minimum Gasteiger partial charge on any atom is -0.451 e. The van der Waals surface area contributed by atoms with Gasteiger partial charge in [-0.05, 0) is 25.8 Å². The van der Waals surface area contributed by atoms with Gasteiger partial charge in [0, 0.05) is 6.54 Å². The number of rotatable bonds is 7. The van der Waals surface area contributed by atoms with Crippen molar-refractivity contribution < 1.29 is 23.9 Å². The first-order valence-corrected chi connectivity index (χ1v) is 8.46. The van der Waals surface area contributed by atoms with E-state index in [4.69, 9.17) is 4.74 Å². The molecule has 1 heterocycles. The molecule has 26 heavy (non-hydrogen) atoms. The van der Waals surface area contributed by atoms with Gasteiger partial charge < -0.3 is 15.4 Å². The third-order valence-corrected chi connectivity index (χ3v) is 4.14. The molecule has 0 aromatic heterocycles. The number of nitrogens with zero attached hydrogens (tertiary/aromatic N) is 1. The largest absolute Gasteiger partial charge is 0.451 e. The number of hydrogen-bond acceptors (Lipinski definition) is 5. The Balaban J connectivity index is 2.01. The predicted octanol–water partition coefficient (Wildman–Crippen LogP) is 0.911. The number of urea groups is 1. The molecular weight excluding hydrogens is 338 g/mol. The summed E-state index contributed by atoms with van der Waals surface area (Å²) in [5.74, 6) is -1.80. The zero-order chi connectivity index (χ0) is 19.3. The van der Waals surface area contributed by atoms with Crippen molar-refractivity contribution in [3.8, 4) is 0 Å². The van der Waals surface area contributed by atoms with Crippen molar-refractivity contribution in [1.29, 1.82) is 0 Å². The van der Waals surface area contributed by atoms with Gasteiger partial charge in [0.2, 0.25) is 0 Å². The second-order valence-corrected chi connectivity index (χ2v) is 6.24. The van der Waals surface area contributed by atoms with Crippen LogP contribution in [0.5, 0.6) is 0 Å². The van der Waals surface area contributed by atoms with Crippen LogP contribution in [0.4, 0.5) is 4.79 Å². The molecule has 0 aliphatic carbocycles. The number of esters is 1. The Labute approximate surface area is 151 Å². The zero-order valence-corrected chi connectivity index (χ0v) is 15.1. The first kappa shape index (κ1) is 19.4. The molecule has 0 radical (unpaired) electrons. The Morgan fingerprint density at radius 1 is 1.27 bits per heavy atom. The number of ether oxygens (including phenoxy) is 1. The number of benzene rings is 1. The maximum Gasteiger partial charge on any atom is 0.327 e.